The number of benzene rings is 2. The molecule has 0 unspecified atom stereocenters. The Bertz CT molecular complexity index is 720. The number of hydrogen-bond donors (Lipinski definition) is 0. The van der Waals surface area contributed by atoms with E-state index in [1.807, 2.05) is 23.1 Å². The van der Waals surface area contributed by atoms with Gasteiger partial charge < -0.3 is 9.80 Å². The molecular weight excluding hydrogens is 364 g/mol. The van der Waals surface area contributed by atoms with Gasteiger partial charge >= 0.3 is 0 Å². The molecule has 1 aliphatic rings. The van der Waals surface area contributed by atoms with Crippen molar-refractivity contribution in [2.45, 2.75) is 6.54 Å². The van der Waals surface area contributed by atoms with Crippen molar-refractivity contribution >= 4 is 39.1 Å². The van der Waals surface area contributed by atoms with E-state index in [9.17, 15) is 4.79 Å². The number of hydrogen-bond acceptors (Lipinski definition) is 2. The fourth-order valence-electron chi connectivity index (χ4n) is 2.70. The number of likely N-dealkylation sites (N-methyl/N-ethyl adjacent to an activating group) is 1. The molecule has 0 saturated heterocycles. The SMILES string of the molecule is CN1CCN(C(=O)c2ccc(Br)cc2Cl)Cc2ccccc21. The van der Waals surface area contributed by atoms with Gasteiger partial charge in [-0.1, -0.05) is 45.7 Å². The average molecular weight is 380 g/mol. The van der Waals surface area contributed by atoms with Crippen LogP contribution in [0.3, 0.4) is 0 Å². The lowest BCUT2D eigenvalue weighted by Gasteiger charge is -2.21. The van der Waals surface area contributed by atoms with Crippen LogP contribution >= 0.6 is 27.5 Å². The summed E-state index contributed by atoms with van der Waals surface area (Å²) in [6.07, 6.45) is 0. The normalized spacial score (nSPS) is 14.5. The first-order valence-corrected chi connectivity index (χ1v) is 8.27. The van der Waals surface area contributed by atoms with Crippen LogP contribution in [-0.4, -0.2) is 30.9 Å². The molecule has 3 nitrogen and oxygen atoms in total. The Labute approximate surface area is 143 Å². The van der Waals surface area contributed by atoms with Crippen molar-refractivity contribution in [3.05, 3.63) is 63.1 Å². The van der Waals surface area contributed by atoms with Crippen LogP contribution in [0, 0.1) is 0 Å². The third-order valence-electron chi connectivity index (χ3n) is 3.92. The molecule has 0 spiro atoms. The summed E-state index contributed by atoms with van der Waals surface area (Å²) in [4.78, 5) is 16.9. The third kappa shape index (κ3) is 2.99. The molecule has 5 heteroatoms. The van der Waals surface area contributed by atoms with Crippen LogP contribution in [0.4, 0.5) is 5.69 Å². The van der Waals surface area contributed by atoms with Crippen LogP contribution in [0.1, 0.15) is 15.9 Å². The summed E-state index contributed by atoms with van der Waals surface area (Å²) in [7, 11) is 2.05. The van der Waals surface area contributed by atoms with E-state index < -0.39 is 0 Å². The average Bonchev–Trinajstić information content (AvgIpc) is 2.67. The molecule has 0 fully saturated rings. The van der Waals surface area contributed by atoms with Gasteiger partial charge in [0.25, 0.3) is 5.91 Å². The molecule has 0 aromatic heterocycles. The third-order valence-corrected chi connectivity index (χ3v) is 4.72. The van der Waals surface area contributed by atoms with Gasteiger partial charge in [0.15, 0.2) is 0 Å². The maximum absolute atomic E-state index is 12.8. The summed E-state index contributed by atoms with van der Waals surface area (Å²) in [5, 5.41) is 0.477. The summed E-state index contributed by atoms with van der Waals surface area (Å²) in [5.41, 5.74) is 2.88. The number of para-hydroxylation sites is 1. The smallest absolute Gasteiger partial charge is 0.255 e. The van der Waals surface area contributed by atoms with Crippen LogP contribution in [0.2, 0.25) is 5.02 Å². The van der Waals surface area contributed by atoms with Crippen LogP contribution < -0.4 is 4.90 Å². The second-order valence-electron chi connectivity index (χ2n) is 5.40. The van der Waals surface area contributed by atoms with Gasteiger partial charge in [-0.15, -0.1) is 0 Å². The molecule has 1 heterocycles. The van der Waals surface area contributed by atoms with Crippen LogP contribution in [0.15, 0.2) is 46.9 Å². The van der Waals surface area contributed by atoms with E-state index in [4.69, 9.17) is 11.6 Å². The van der Waals surface area contributed by atoms with Gasteiger partial charge in [0.2, 0.25) is 0 Å². The number of halogens is 2. The molecule has 0 aliphatic carbocycles. The fraction of sp³-hybridized carbons (Fsp3) is 0.235. The van der Waals surface area contributed by atoms with Gasteiger partial charge in [-0.2, -0.15) is 0 Å². The minimum Gasteiger partial charge on any atom is -0.373 e. The highest BCUT2D eigenvalue weighted by molar-refractivity contribution is 9.10. The van der Waals surface area contributed by atoms with E-state index in [0.29, 0.717) is 23.7 Å². The highest BCUT2D eigenvalue weighted by atomic mass is 79.9. The lowest BCUT2D eigenvalue weighted by atomic mass is 10.1. The van der Waals surface area contributed by atoms with E-state index >= 15 is 0 Å². The van der Waals surface area contributed by atoms with Crippen molar-refractivity contribution in [2.24, 2.45) is 0 Å². The minimum absolute atomic E-state index is 0.0254. The molecule has 0 atom stereocenters. The topological polar surface area (TPSA) is 23.6 Å². The van der Waals surface area contributed by atoms with Crippen molar-refractivity contribution in [1.82, 2.24) is 4.90 Å². The van der Waals surface area contributed by atoms with Gasteiger partial charge in [-0.25, -0.2) is 0 Å². The summed E-state index contributed by atoms with van der Waals surface area (Å²) in [5.74, 6) is -0.0254. The molecule has 3 rings (SSSR count). The summed E-state index contributed by atoms with van der Waals surface area (Å²) < 4.78 is 0.870. The molecule has 1 amide bonds. The Morgan fingerprint density at radius 2 is 1.95 bits per heavy atom. The monoisotopic (exact) mass is 378 g/mol. The fourth-order valence-corrected chi connectivity index (χ4v) is 3.45. The number of fused-ring (bicyclic) bond motifs is 1. The molecule has 1 aliphatic heterocycles. The molecule has 0 N–H and O–H groups in total. The van der Waals surface area contributed by atoms with E-state index in [1.54, 1.807) is 12.1 Å². The van der Waals surface area contributed by atoms with Crippen molar-refractivity contribution in [2.75, 3.05) is 25.0 Å². The molecule has 0 radical (unpaired) electrons. The Morgan fingerprint density at radius 3 is 2.73 bits per heavy atom. The van der Waals surface area contributed by atoms with Crippen molar-refractivity contribution in [1.29, 1.82) is 0 Å². The van der Waals surface area contributed by atoms with Crippen molar-refractivity contribution in [3.63, 3.8) is 0 Å². The largest absolute Gasteiger partial charge is 0.373 e. The Hall–Kier alpha value is -1.52. The minimum atomic E-state index is -0.0254. The maximum atomic E-state index is 12.8. The van der Waals surface area contributed by atoms with Gasteiger partial charge in [0.1, 0.15) is 0 Å². The molecule has 2 aromatic rings. The number of carbonyl (C=O) groups is 1. The lowest BCUT2D eigenvalue weighted by Crippen LogP contribution is -2.34. The first-order valence-electron chi connectivity index (χ1n) is 7.09. The zero-order valence-electron chi connectivity index (χ0n) is 12.2. The summed E-state index contributed by atoms with van der Waals surface area (Å²) in [6.45, 7) is 2.08. The summed E-state index contributed by atoms with van der Waals surface area (Å²) >= 11 is 9.59. The predicted octanol–water partition coefficient (Wildman–Crippen LogP) is 4.19. The van der Waals surface area contributed by atoms with Crippen molar-refractivity contribution < 1.29 is 4.79 Å². The first kappa shape index (κ1) is 15.4. The Morgan fingerprint density at radius 1 is 1.18 bits per heavy atom. The zero-order chi connectivity index (χ0) is 15.7. The highest BCUT2D eigenvalue weighted by Crippen LogP contribution is 2.27. The molecule has 0 bridgehead atoms. The number of anilines is 1. The van der Waals surface area contributed by atoms with E-state index in [-0.39, 0.29) is 5.91 Å². The second kappa shape index (κ2) is 6.31. The van der Waals surface area contributed by atoms with Gasteiger partial charge in [0, 0.05) is 36.8 Å². The second-order valence-corrected chi connectivity index (χ2v) is 6.72. The highest BCUT2D eigenvalue weighted by Gasteiger charge is 2.23. The number of carbonyl (C=O) groups excluding carboxylic acids is 1. The van der Waals surface area contributed by atoms with Gasteiger partial charge in [-0.05, 0) is 29.8 Å². The Kier molecular flexibility index (Phi) is 4.41. The quantitative estimate of drug-likeness (QED) is 0.741. The Balaban J connectivity index is 1.91. The molecule has 114 valence electrons. The van der Waals surface area contributed by atoms with E-state index in [1.165, 1.54) is 5.69 Å². The van der Waals surface area contributed by atoms with Crippen LogP contribution in [0.5, 0.6) is 0 Å². The molecule has 0 saturated carbocycles. The first-order chi connectivity index (χ1) is 10.6. The maximum Gasteiger partial charge on any atom is 0.255 e. The molecule has 2 aromatic carbocycles. The number of rotatable bonds is 1. The molecule has 22 heavy (non-hydrogen) atoms. The van der Waals surface area contributed by atoms with Crippen LogP contribution in [-0.2, 0) is 6.54 Å². The van der Waals surface area contributed by atoms with Gasteiger partial charge in [-0.3, -0.25) is 4.79 Å². The predicted molar refractivity (Wildman–Crippen MR) is 93.6 cm³/mol. The van der Waals surface area contributed by atoms with E-state index in [0.717, 1.165) is 16.6 Å². The van der Waals surface area contributed by atoms with Gasteiger partial charge in [0.05, 0.1) is 10.6 Å². The van der Waals surface area contributed by atoms with Crippen molar-refractivity contribution in [3.8, 4) is 0 Å². The van der Waals surface area contributed by atoms with E-state index in [2.05, 4.69) is 40.0 Å². The number of nitrogens with zero attached hydrogens (tertiary/aromatic N) is 2. The number of amides is 1. The summed E-state index contributed by atoms with van der Waals surface area (Å²) in [6, 6.07) is 13.6. The zero-order valence-corrected chi connectivity index (χ0v) is 14.6. The lowest BCUT2D eigenvalue weighted by molar-refractivity contribution is 0.0752. The standard InChI is InChI=1S/C17H16BrClN2O/c1-20-8-9-21(11-12-4-2-3-5-16(12)20)17(22)14-7-6-13(18)10-15(14)19/h2-7,10H,8-9,11H2,1H3. The van der Waals surface area contributed by atoms with Crippen LogP contribution in [0.25, 0.3) is 0 Å². The molecular formula is C17H16BrClN2O.